The Morgan fingerprint density at radius 1 is 0.833 bits per heavy atom. The maximum Gasteiger partial charge on any atom is 0.253 e. The van der Waals surface area contributed by atoms with Crippen LogP contribution in [-0.4, -0.2) is 17.4 Å². The van der Waals surface area contributed by atoms with E-state index >= 15 is 0 Å². The highest BCUT2D eigenvalue weighted by Gasteiger charge is 2.16. The second kappa shape index (κ2) is 8.82. The van der Waals surface area contributed by atoms with Crippen molar-refractivity contribution in [2.45, 2.75) is 12.3 Å². The maximum atomic E-state index is 13.4. The Hall–Kier alpha value is -3.60. The van der Waals surface area contributed by atoms with Crippen LogP contribution in [0, 0.1) is 11.6 Å². The fourth-order valence-corrected chi connectivity index (χ4v) is 3.64. The highest BCUT2D eigenvalue weighted by Crippen LogP contribution is 2.28. The number of fused-ring (bicyclic) bond motifs is 1. The first kappa shape index (κ1) is 19.7. The minimum absolute atomic E-state index is 0.0999. The van der Waals surface area contributed by atoms with E-state index in [-0.39, 0.29) is 23.5 Å². The number of carbonyl (C=O) groups excluding carboxylic acids is 1. The van der Waals surface area contributed by atoms with Crippen LogP contribution in [0.3, 0.4) is 0 Å². The summed E-state index contributed by atoms with van der Waals surface area (Å²) in [6, 6.07) is 20.1. The lowest BCUT2D eigenvalue weighted by atomic mass is 9.88. The standard InChI is InChI=1S/C25H20F2N2O/c26-20-9-5-17(6-10-20)22(18-7-11-21(27)12-8-18)13-14-29-25(30)24-16-28-15-19-3-1-2-4-23(19)24/h1-12,15-16,22H,13-14H2,(H,29,30). The largest absolute Gasteiger partial charge is 0.352 e. The van der Waals surface area contributed by atoms with Crippen LogP contribution in [-0.2, 0) is 0 Å². The Morgan fingerprint density at radius 3 is 2.07 bits per heavy atom. The predicted molar refractivity (Wildman–Crippen MR) is 113 cm³/mol. The van der Waals surface area contributed by atoms with E-state index in [2.05, 4.69) is 10.3 Å². The lowest BCUT2D eigenvalue weighted by molar-refractivity contribution is 0.0954. The zero-order valence-corrected chi connectivity index (χ0v) is 16.2. The van der Waals surface area contributed by atoms with Crippen LogP contribution in [0.2, 0.25) is 0 Å². The van der Waals surface area contributed by atoms with Gasteiger partial charge in [0.25, 0.3) is 5.91 Å². The average molecular weight is 402 g/mol. The van der Waals surface area contributed by atoms with Crippen molar-refractivity contribution in [3.05, 3.63) is 114 Å². The van der Waals surface area contributed by atoms with Gasteiger partial charge in [0.1, 0.15) is 11.6 Å². The predicted octanol–water partition coefficient (Wildman–Crippen LogP) is 5.47. The Kier molecular flexibility index (Phi) is 5.80. The molecule has 3 aromatic carbocycles. The van der Waals surface area contributed by atoms with E-state index < -0.39 is 0 Å². The Morgan fingerprint density at radius 2 is 1.43 bits per heavy atom. The minimum atomic E-state index is -0.312. The van der Waals surface area contributed by atoms with Crippen LogP contribution in [0.4, 0.5) is 8.78 Å². The highest BCUT2D eigenvalue weighted by atomic mass is 19.1. The van der Waals surface area contributed by atoms with Crippen LogP contribution in [0.5, 0.6) is 0 Å². The number of rotatable bonds is 6. The normalized spacial score (nSPS) is 11.0. The van der Waals surface area contributed by atoms with Crippen molar-refractivity contribution in [1.29, 1.82) is 0 Å². The minimum Gasteiger partial charge on any atom is -0.352 e. The number of hydrogen-bond acceptors (Lipinski definition) is 2. The Balaban J connectivity index is 1.51. The van der Waals surface area contributed by atoms with Gasteiger partial charge in [0.05, 0.1) is 5.56 Å². The van der Waals surface area contributed by atoms with Gasteiger partial charge in [-0.3, -0.25) is 9.78 Å². The van der Waals surface area contributed by atoms with E-state index in [4.69, 9.17) is 0 Å². The SMILES string of the molecule is O=C(NCCC(c1ccc(F)cc1)c1ccc(F)cc1)c1cncc2ccccc12. The fourth-order valence-electron chi connectivity index (χ4n) is 3.64. The van der Waals surface area contributed by atoms with Gasteiger partial charge in [-0.05, 0) is 47.2 Å². The summed E-state index contributed by atoms with van der Waals surface area (Å²) in [5, 5.41) is 4.71. The summed E-state index contributed by atoms with van der Waals surface area (Å²) in [7, 11) is 0. The first-order valence-corrected chi connectivity index (χ1v) is 9.74. The summed E-state index contributed by atoms with van der Waals surface area (Å²) in [6.07, 6.45) is 3.88. The molecule has 0 spiro atoms. The van der Waals surface area contributed by atoms with Crippen LogP contribution < -0.4 is 5.32 Å². The monoisotopic (exact) mass is 402 g/mol. The van der Waals surface area contributed by atoms with Gasteiger partial charge in [-0.1, -0.05) is 48.5 Å². The number of amides is 1. The molecule has 0 unspecified atom stereocenters. The van der Waals surface area contributed by atoms with Crippen molar-refractivity contribution in [3.63, 3.8) is 0 Å². The molecule has 0 atom stereocenters. The summed E-state index contributed by atoms with van der Waals surface area (Å²) < 4.78 is 26.7. The van der Waals surface area contributed by atoms with Gasteiger partial charge in [-0.25, -0.2) is 8.78 Å². The van der Waals surface area contributed by atoms with Crippen LogP contribution in [0.25, 0.3) is 10.8 Å². The molecule has 0 radical (unpaired) electrons. The van der Waals surface area contributed by atoms with Crippen molar-refractivity contribution >= 4 is 16.7 Å². The first-order chi connectivity index (χ1) is 14.6. The fraction of sp³-hybridized carbons (Fsp3) is 0.120. The third-order valence-electron chi connectivity index (χ3n) is 5.18. The van der Waals surface area contributed by atoms with Crippen LogP contribution in [0.15, 0.2) is 85.2 Å². The van der Waals surface area contributed by atoms with Gasteiger partial charge in [0, 0.05) is 30.2 Å². The van der Waals surface area contributed by atoms with Crippen molar-refractivity contribution < 1.29 is 13.6 Å². The second-order valence-corrected chi connectivity index (χ2v) is 7.11. The zero-order valence-electron chi connectivity index (χ0n) is 16.2. The number of hydrogen-bond donors (Lipinski definition) is 1. The summed E-state index contributed by atoms with van der Waals surface area (Å²) in [5.41, 5.74) is 2.33. The number of carbonyl (C=O) groups is 1. The van der Waals surface area contributed by atoms with E-state index in [1.165, 1.54) is 24.3 Å². The molecule has 1 aromatic heterocycles. The number of nitrogens with zero attached hydrogens (tertiary/aromatic N) is 1. The summed E-state index contributed by atoms with van der Waals surface area (Å²) >= 11 is 0. The third-order valence-corrected chi connectivity index (χ3v) is 5.18. The summed E-state index contributed by atoms with van der Waals surface area (Å²) in [5.74, 6) is -0.921. The molecule has 1 amide bonds. The number of aromatic nitrogens is 1. The smallest absolute Gasteiger partial charge is 0.253 e. The van der Waals surface area contributed by atoms with E-state index in [0.717, 1.165) is 21.9 Å². The Labute approximate surface area is 173 Å². The van der Waals surface area contributed by atoms with Crippen molar-refractivity contribution in [3.8, 4) is 0 Å². The molecule has 4 rings (SSSR count). The van der Waals surface area contributed by atoms with Gasteiger partial charge >= 0.3 is 0 Å². The molecular weight excluding hydrogens is 382 g/mol. The molecule has 0 saturated carbocycles. The van der Waals surface area contributed by atoms with Crippen LogP contribution >= 0.6 is 0 Å². The van der Waals surface area contributed by atoms with Gasteiger partial charge in [-0.15, -0.1) is 0 Å². The van der Waals surface area contributed by atoms with Crippen molar-refractivity contribution in [2.75, 3.05) is 6.54 Å². The molecule has 5 heteroatoms. The molecule has 0 aliphatic rings. The number of benzene rings is 3. The molecule has 3 nitrogen and oxygen atoms in total. The summed E-state index contributed by atoms with van der Waals surface area (Å²) in [6.45, 7) is 0.404. The first-order valence-electron chi connectivity index (χ1n) is 9.74. The van der Waals surface area contributed by atoms with Gasteiger partial charge < -0.3 is 5.32 Å². The molecule has 4 aromatic rings. The molecule has 0 bridgehead atoms. The topological polar surface area (TPSA) is 42.0 Å². The molecule has 30 heavy (non-hydrogen) atoms. The number of nitrogens with one attached hydrogen (secondary N) is 1. The lowest BCUT2D eigenvalue weighted by Crippen LogP contribution is -2.26. The van der Waals surface area contributed by atoms with Gasteiger partial charge in [-0.2, -0.15) is 0 Å². The van der Waals surface area contributed by atoms with Gasteiger partial charge in [0.15, 0.2) is 0 Å². The highest BCUT2D eigenvalue weighted by molar-refractivity contribution is 6.06. The molecule has 0 aliphatic carbocycles. The quantitative estimate of drug-likeness (QED) is 0.465. The molecule has 0 fully saturated rings. The molecule has 0 saturated heterocycles. The van der Waals surface area contributed by atoms with E-state index in [0.29, 0.717) is 18.5 Å². The molecule has 1 heterocycles. The van der Waals surface area contributed by atoms with E-state index in [1.807, 2.05) is 24.3 Å². The van der Waals surface area contributed by atoms with Crippen LogP contribution in [0.1, 0.15) is 33.8 Å². The average Bonchev–Trinajstić information content (AvgIpc) is 2.78. The molecule has 1 N–H and O–H groups in total. The summed E-state index contributed by atoms with van der Waals surface area (Å²) in [4.78, 5) is 16.9. The third kappa shape index (κ3) is 4.35. The maximum absolute atomic E-state index is 13.4. The number of halogens is 2. The molecule has 0 aliphatic heterocycles. The Bertz CT molecular complexity index is 1110. The van der Waals surface area contributed by atoms with E-state index in [9.17, 15) is 13.6 Å². The van der Waals surface area contributed by atoms with Gasteiger partial charge in [0.2, 0.25) is 0 Å². The number of pyridine rings is 1. The zero-order chi connectivity index (χ0) is 20.9. The van der Waals surface area contributed by atoms with E-state index in [1.54, 1.807) is 36.7 Å². The lowest BCUT2D eigenvalue weighted by Gasteiger charge is -2.19. The van der Waals surface area contributed by atoms with Crippen molar-refractivity contribution in [1.82, 2.24) is 10.3 Å². The molecular formula is C25H20F2N2O. The second-order valence-electron chi connectivity index (χ2n) is 7.11. The van der Waals surface area contributed by atoms with Crippen molar-refractivity contribution in [2.24, 2.45) is 0 Å². The molecule has 150 valence electrons.